The molecule has 164 valence electrons. The number of nitrogens with one attached hydrogen (secondary N) is 1. The van der Waals surface area contributed by atoms with Gasteiger partial charge in [-0.25, -0.2) is 9.97 Å². The second kappa shape index (κ2) is 8.56. The lowest BCUT2D eigenvalue weighted by Crippen LogP contribution is -2.21. The minimum absolute atomic E-state index is 0.316. The molecule has 0 amide bonds. The van der Waals surface area contributed by atoms with Gasteiger partial charge in [-0.05, 0) is 50.6 Å². The molecule has 1 atom stereocenters. The van der Waals surface area contributed by atoms with Crippen LogP contribution in [-0.4, -0.2) is 39.9 Å². The van der Waals surface area contributed by atoms with E-state index in [1.165, 1.54) is 12.1 Å². The number of anilines is 1. The summed E-state index contributed by atoms with van der Waals surface area (Å²) in [4.78, 5) is 11.1. The molecular weight excluding hydrogens is 407 g/mol. The maximum Gasteiger partial charge on any atom is 0.416 e. The lowest BCUT2D eigenvalue weighted by atomic mass is 10.0. The number of ether oxygens (including phenoxy) is 1. The molecule has 3 heterocycles. The van der Waals surface area contributed by atoms with E-state index in [9.17, 15) is 13.2 Å². The highest BCUT2D eigenvalue weighted by atomic mass is 19.4. The Hall–Kier alpha value is -3.10. The number of aromatic nitrogens is 4. The van der Waals surface area contributed by atoms with E-state index in [1.54, 1.807) is 0 Å². The van der Waals surface area contributed by atoms with Gasteiger partial charge >= 0.3 is 6.18 Å². The van der Waals surface area contributed by atoms with Gasteiger partial charge in [0.2, 0.25) is 0 Å². The van der Waals surface area contributed by atoms with Gasteiger partial charge in [-0.15, -0.1) is 0 Å². The highest BCUT2D eigenvalue weighted by molar-refractivity contribution is 5.42. The predicted molar refractivity (Wildman–Crippen MR) is 110 cm³/mol. The molecule has 0 spiro atoms. The van der Waals surface area contributed by atoms with Crippen molar-refractivity contribution in [3.05, 3.63) is 64.9 Å². The molecule has 1 unspecified atom stereocenters. The van der Waals surface area contributed by atoms with Crippen LogP contribution in [0.3, 0.4) is 0 Å². The van der Waals surface area contributed by atoms with Crippen LogP contribution in [0.2, 0.25) is 0 Å². The number of alkyl halides is 3. The number of benzene rings is 1. The summed E-state index contributed by atoms with van der Waals surface area (Å²) in [5, 5.41) is 7.51. The van der Waals surface area contributed by atoms with Crippen molar-refractivity contribution in [2.45, 2.75) is 38.8 Å². The Labute approximate surface area is 178 Å². The summed E-state index contributed by atoms with van der Waals surface area (Å²) in [6.45, 7) is 5.99. The zero-order chi connectivity index (χ0) is 22.0. The van der Waals surface area contributed by atoms with Gasteiger partial charge in [-0.2, -0.15) is 18.3 Å². The lowest BCUT2D eigenvalue weighted by Gasteiger charge is -2.17. The Balaban J connectivity index is 1.30. The van der Waals surface area contributed by atoms with Crippen LogP contribution >= 0.6 is 0 Å². The maximum absolute atomic E-state index is 12.6. The highest BCUT2D eigenvalue weighted by Crippen LogP contribution is 2.31. The van der Waals surface area contributed by atoms with Crippen LogP contribution in [-0.2, 0) is 12.6 Å². The van der Waals surface area contributed by atoms with Gasteiger partial charge in [0.15, 0.2) is 0 Å². The molecule has 4 rings (SSSR count). The van der Waals surface area contributed by atoms with Crippen molar-refractivity contribution >= 4 is 5.82 Å². The van der Waals surface area contributed by atoms with E-state index in [4.69, 9.17) is 4.74 Å². The van der Waals surface area contributed by atoms with Crippen molar-refractivity contribution in [3.8, 4) is 5.75 Å². The van der Waals surface area contributed by atoms with E-state index in [0.717, 1.165) is 60.4 Å². The molecule has 6 nitrogen and oxygen atoms in total. The van der Waals surface area contributed by atoms with Gasteiger partial charge in [0.25, 0.3) is 0 Å². The number of aromatic amines is 1. The summed E-state index contributed by atoms with van der Waals surface area (Å²) in [6, 6.07) is 8.77. The van der Waals surface area contributed by atoms with E-state index in [2.05, 4.69) is 25.1 Å². The first-order chi connectivity index (χ1) is 14.8. The molecule has 2 aromatic heterocycles. The van der Waals surface area contributed by atoms with Crippen LogP contribution in [0.1, 0.15) is 40.8 Å². The average Bonchev–Trinajstić information content (AvgIpc) is 3.36. The second-order valence-corrected chi connectivity index (χ2v) is 7.78. The minimum atomic E-state index is -4.34. The summed E-state index contributed by atoms with van der Waals surface area (Å²) >= 11 is 0. The van der Waals surface area contributed by atoms with Crippen LogP contribution in [0.4, 0.5) is 19.0 Å². The molecule has 0 bridgehead atoms. The molecule has 1 N–H and O–H groups in total. The summed E-state index contributed by atoms with van der Waals surface area (Å²) < 4.78 is 43.4. The number of hydrogen-bond donors (Lipinski definition) is 1. The summed E-state index contributed by atoms with van der Waals surface area (Å²) in [5.74, 6) is 2.45. The Bertz CT molecular complexity index is 1010. The van der Waals surface area contributed by atoms with Crippen molar-refractivity contribution in [3.63, 3.8) is 0 Å². The Morgan fingerprint density at radius 2 is 1.90 bits per heavy atom. The van der Waals surface area contributed by atoms with E-state index < -0.39 is 11.7 Å². The van der Waals surface area contributed by atoms with Crippen LogP contribution in [0.15, 0.2) is 36.4 Å². The third-order valence-electron chi connectivity index (χ3n) is 5.36. The van der Waals surface area contributed by atoms with Gasteiger partial charge < -0.3 is 9.64 Å². The Kier molecular flexibility index (Phi) is 5.84. The standard InChI is InChI=1S/C22H24F3N5O/c1-14-11-21(27-15(2)26-14)30-9-7-16(13-30)20-12-18(28-29-20)8-10-31-19-5-3-17(4-6-19)22(23,24)25/h3-6,11-12,16H,7-10,13H2,1-2H3,(H,28,29). The average molecular weight is 431 g/mol. The number of rotatable bonds is 6. The van der Waals surface area contributed by atoms with Gasteiger partial charge in [-0.1, -0.05) is 0 Å². The zero-order valence-electron chi connectivity index (χ0n) is 17.4. The first kappa shape index (κ1) is 21.1. The predicted octanol–water partition coefficient (Wildman–Crippen LogP) is 4.45. The van der Waals surface area contributed by atoms with Crippen LogP contribution < -0.4 is 9.64 Å². The quantitative estimate of drug-likeness (QED) is 0.625. The SMILES string of the molecule is Cc1cc(N2CCC(c3cc(CCOc4ccc(C(F)(F)F)cc4)[nH]n3)C2)nc(C)n1. The Morgan fingerprint density at radius 3 is 2.61 bits per heavy atom. The minimum Gasteiger partial charge on any atom is -0.493 e. The van der Waals surface area contributed by atoms with Gasteiger partial charge in [-0.3, -0.25) is 5.10 Å². The van der Waals surface area contributed by atoms with E-state index in [1.807, 2.05) is 26.0 Å². The number of aryl methyl sites for hydroxylation is 2. The topological polar surface area (TPSA) is 66.9 Å². The number of nitrogens with zero attached hydrogens (tertiary/aromatic N) is 4. The van der Waals surface area contributed by atoms with E-state index in [0.29, 0.717) is 24.7 Å². The highest BCUT2D eigenvalue weighted by Gasteiger charge is 2.30. The number of H-pyrrole nitrogens is 1. The van der Waals surface area contributed by atoms with Crippen molar-refractivity contribution in [1.29, 1.82) is 0 Å². The second-order valence-electron chi connectivity index (χ2n) is 7.78. The molecule has 3 aromatic rings. The maximum atomic E-state index is 12.6. The fourth-order valence-electron chi connectivity index (χ4n) is 3.80. The van der Waals surface area contributed by atoms with Gasteiger partial charge in [0, 0.05) is 42.9 Å². The Morgan fingerprint density at radius 1 is 1.13 bits per heavy atom. The normalized spacial score (nSPS) is 16.7. The van der Waals surface area contributed by atoms with Crippen LogP contribution in [0.25, 0.3) is 0 Å². The smallest absolute Gasteiger partial charge is 0.416 e. The van der Waals surface area contributed by atoms with Crippen molar-refractivity contribution in [2.75, 3.05) is 24.6 Å². The van der Waals surface area contributed by atoms with Crippen molar-refractivity contribution in [1.82, 2.24) is 20.2 Å². The molecular formula is C22H24F3N5O. The number of halogens is 3. The summed E-state index contributed by atoms with van der Waals surface area (Å²) in [5.41, 5.74) is 2.22. The third kappa shape index (κ3) is 5.15. The lowest BCUT2D eigenvalue weighted by molar-refractivity contribution is -0.137. The fraction of sp³-hybridized carbons (Fsp3) is 0.409. The molecule has 1 fully saturated rings. The molecule has 0 aliphatic carbocycles. The molecule has 1 aliphatic heterocycles. The molecule has 1 saturated heterocycles. The van der Waals surface area contributed by atoms with Crippen LogP contribution in [0, 0.1) is 13.8 Å². The summed E-state index contributed by atoms with van der Waals surface area (Å²) in [7, 11) is 0. The summed E-state index contributed by atoms with van der Waals surface area (Å²) in [6.07, 6.45) is -2.75. The first-order valence-electron chi connectivity index (χ1n) is 10.2. The van der Waals surface area contributed by atoms with Crippen LogP contribution in [0.5, 0.6) is 5.75 Å². The largest absolute Gasteiger partial charge is 0.493 e. The third-order valence-corrected chi connectivity index (χ3v) is 5.36. The molecule has 0 radical (unpaired) electrons. The van der Waals surface area contributed by atoms with Crippen molar-refractivity contribution in [2.24, 2.45) is 0 Å². The molecule has 9 heteroatoms. The monoisotopic (exact) mass is 431 g/mol. The van der Waals surface area contributed by atoms with E-state index in [-0.39, 0.29) is 0 Å². The molecule has 1 aliphatic rings. The van der Waals surface area contributed by atoms with Gasteiger partial charge in [0.05, 0.1) is 17.9 Å². The first-order valence-corrected chi connectivity index (χ1v) is 10.2. The zero-order valence-corrected chi connectivity index (χ0v) is 17.4. The number of hydrogen-bond acceptors (Lipinski definition) is 5. The molecule has 0 saturated carbocycles. The fourth-order valence-corrected chi connectivity index (χ4v) is 3.80. The molecule has 31 heavy (non-hydrogen) atoms. The van der Waals surface area contributed by atoms with Gasteiger partial charge in [0.1, 0.15) is 17.4 Å². The van der Waals surface area contributed by atoms with E-state index >= 15 is 0 Å². The van der Waals surface area contributed by atoms with Crippen molar-refractivity contribution < 1.29 is 17.9 Å². The molecule has 1 aromatic carbocycles.